The molecule has 0 fully saturated rings. The van der Waals surface area contributed by atoms with Crippen molar-refractivity contribution < 1.29 is 9.53 Å². The van der Waals surface area contributed by atoms with Gasteiger partial charge in [0.15, 0.2) is 6.29 Å². The van der Waals surface area contributed by atoms with Crippen molar-refractivity contribution in [2.24, 2.45) is 0 Å². The van der Waals surface area contributed by atoms with Gasteiger partial charge in [0.25, 0.3) is 0 Å². The fraction of sp³-hybridized carbons (Fsp3) is 0.417. The molecule has 0 unspecified atom stereocenters. The van der Waals surface area contributed by atoms with E-state index in [-0.39, 0.29) is 0 Å². The average molecular weight is 237 g/mol. The van der Waals surface area contributed by atoms with Crippen LogP contribution in [0.4, 0.5) is 5.69 Å². The maximum Gasteiger partial charge on any atom is 0.160 e. The van der Waals surface area contributed by atoms with E-state index in [0.717, 1.165) is 43.0 Å². The second kappa shape index (κ2) is 5.27. The Bertz CT molecular complexity index is 397. The lowest BCUT2D eigenvalue weighted by Crippen LogP contribution is -2.28. The zero-order valence-corrected chi connectivity index (χ0v) is 10.1. The Morgan fingerprint density at radius 3 is 3.06 bits per heavy atom. The van der Waals surface area contributed by atoms with Gasteiger partial charge in [-0.25, -0.2) is 0 Å². The number of carbonyl (C=O) groups is 1. The number of hydrogen-bond donors (Lipinski definition) is 0. The summed E-state index contributed by atoms with van der Waals surface area (Å²) < 4.78 is 5.11. The van der Waals surface area contributed by atoms with Crippen molar-refractivity contribution in [3.63, 3.8) is 0 Å². The number of carbonyl (C=O) groups excluding carboxylic acids is 1. The highest BCUT2D eigenvalue weighted by Gasteiger charge is 2.13. The van der Waals surface area contributed by atoms with Gasteiger partial charge >= 0.3 is 0 Å². The summed E-state index contributed by atoms with van der Waals surface area (Å²) in [6.07, 6.45) is 4.16. The van der Waals surface area contributed by atoms with Crippen molar-refractivity contribution in [1.82, 2.24) is 0 Å². The van der Waals surface area contributed by atoms with Gasteiger partial charge in [0.1, 0.15) is 0 Å². The predicted octanol–water partition coefficient (Wildman–Crippen LogP) is 2.34. The third kappa shape index (κ3) is 2.51. The third-order valence-corrected chi connectivity index (χ3v) is 3.57. The van der Waals surface area contributed by atoms with Crippen molar-refractivity contribution >= 4 is 23.3 Å². The van der Waals surface area contributed by atoms with Gasteiger partial charge in [-0.2, -0.15) is 0 Å². The van der Waals surface area contributed by atoms with E-state index in [4.69, 9.17) is 4.74 Å². The number of thiophene rings is 1. The lowest BCUT2D eigenvalue weighted by Gasteiger charge is -2.27. The molecule has 0 saturated carbocycles. The van der Waals surface area contributed by atoms with Crippen molar-refractivity contribution in [3.8, 4) is 0 Å². The molecule has 1 aromatic heterocycles. The maximum absolute atomic E-state index is 10.6. The number of aldehydes is 1. The van der Waals surface area contributed by atoms with Crippen LogP contribution in [0, 0.1) is 0 Å². The lowest BCUT2D eigenvalue weighted by molar-refractivity contribution is 0.112. The monoisotopic (exact) mass is 237 g/mol. The molecule has 16 heavy (non-hydrogen) atoms. The maximum atomic E-state index is 10.6. The topological polar surface area (TPSA) is 29.5 Å². The number of methoxy groups -OCH3 is 1. The Labute approximate surface area is 99.3 Å². The molecule has 0 aliphatic carbocycles. The molecular weight excluding hydrogens is 222 g/mol. The fourth-order valence-corrected chi connectivity index (χ4v) is 2.55. The number of hydrogen-bond acceptors (Lipinski definition) is 4. The van der Waals surface area contributed by atoms with Crippen LogP contribution in [0.2, 0.25) is 0 Å². The van der Waals surface area contributed by atoms with Gasteiger partial charge in [0.2, 0.25) is 0 Å². The summed E-state index contributed by atoms with van der Waals surface area (Å²) in [6.45, 7) is 2.65. The highest BCUT2D eigenvalue weighted by Crippen LogP contribution is 2.24. The SMILES string of the molecule is COCC1=CCN(c2csc(C=O)c2)CC1. The summed E-state index contributed by atoms with van der Waals surface area (Å²) in [7, 11) is 1.72. The standard InChI is InChI=1S/C12H15NO2S/c1-15-8-10-2-4-13(5-3-10)11-6-12(7-14)16-9-11/h2,6-7,9H,3-5,8H2,1H3. The van der Waals surface area contributed by atoms with E-state index in [0.29, 0.717) is 0 Å². The van der Waals surface area contributed by atoms with E-state index >= 15 is 0 Å². The van der Waals surface area contributed by atoms with E-state index in [1.165, 1.54) is 16.9 Å². The van der Waals surface area contributed by atoms with E-state index < -0.39 is 0 Å². The Morgan fingerprint density at radius 1 is 1.62 bits per heavy atom. The minimum Gasteiger partial charge on any atom is -0.380 e. The van der Waals surface area contributed by atoms with E-state index in [2.05, 4.69) is 11.0 Å². The van der Waals surface area contributed by atoms with Crippen LogP contribution in [0.15, 0.2) is 23.1 Å². The van der Waals surface area contributed by atoms with Crippen LogP contribution in [0.3, 0.4) is 0 Å². The summed E-state index contributed by atoms with van der Waals surface area (Å²) >= 11 is 1.50. The lowest BCUT2D eigenvalue weighted by atomic mass is 10.1. The Hall–Kier alpha value is -1.13. The minimum atomic E-state index is 0.733. The molecule has 0 N–H and O–H groups in total. The van der Waals surface area contributed by atoms with Gasteiger partial charge in [-0.3, -0.25) is 4.79 Å². The molecule has 3 nitrogen and oxygen atoms in total. The largest absolute Gasteiger partial charge is 0.380 e. The van der Waals surface area contributed by atoms with Crippen LogP contribution in [0.25, 0.3) is 0 Å². The summed E-state index contributed by atoms with van der Waals surface area (Å²) in [6, 6.07) is 1.95. The molecule has 2 rings (SSSR count). The van der Waals surface area contributed by atoms with Crippen LogP contribution in [0.1, 0.15) is 16.1 Å². The highest BCUT2D eigenvalue weighted by molar-refractivity contribution is 7.12. The summed E-state index contributed by atoms with van der Waals surface area (Å²) in [5, 5.41) is 2.04. The summed E-state index contributed by atoms with van der Waals surface area (Å²) in [4.78, 5) is 13.7. The third-order valence-electron chi connectivity index (χ3n) is 2.72. The van der Waals surface area contributed by atoms with Crippen LogP contribution in [-0.2, 0) is 4.74 Å². The summed E-state index contributed by atoms with van der Waals surface area (Å²) in [5.41, 5.74) is 2.52. The molecule has 0 bridgehead atoms. The van der Waals surface area contributed by atoms with Crippen LogP contribution in [-0.4, -0.2) is 33.1 Å². The molecular formula is C12H15NO2S. The van der Waals surface area contributed by atoms with Crippen molar-refractivity contribution in [2.75, 3.05) is 31.7 Å². The molecule has 0 saturated heterocycles. The Kier molecular flexibility index (Phi) is 3.74. The quantitative estimate of drug-likeness (QED) is 0.594. The molecule has 0 spiro atoms. The van der Waals surface area contributed by atoms with Crippen molar-refractivity contribution in [2.45, 2.75) is 6.42 Å². The number of nitrogens with zero attached hydrogens (tertiary/aromatic N) is 1. The normalized spacial score (nSPS) is 16.1. The van der Waals surface area contributed by atoms with Crippen molar-refractivity contribution in [3.05, 3.63) is 28.0 Å². The first-order valence-electron chi connectivity index (χ1n) is 5.29. The Balaban J connectivity index is 2.00. The molecule has 0 atom stereocenters. The second-order valence-corrected chi connectivity index (χ2v) is 4.76. The molecule has 1 aliphatic heterocycles. The van der Waals surface area contributed by atoms with Crippen molar-refractivity contribution in [1.29, 1.82) is 0 Å². The molecule has 86 valence electrons. The zero-order valence-electron chi connectivity index (χ0n) is 9.31. The van der Waals surface area contributed by atoms with Gasteiger partial charge in [0.05, 0.1) is 11.5 Å². The molecule has 2 heterocycles. The van der Waals surface area contributed by atoms with Gasteiger partial charge in [0, 0.05) is 31.3 Å². The predicted molar refractivity (Wildman–Crippen MR) is 66.5 cm³/mol. The van der Waals surface area contributed by atoms with Crippen LogP contribution >= 0.6 is 11.3 Å². The number of ether oxygens (including phenoxy) is 1. The molecule has 0 amide bonds. The second-order valence-electron chi connectivity index (χ2n) is 3.82. The average Bonchev–Trinajstić information content (AvgIpc) is 2.79. The molecule has 4 heteroatoms. The van der Waals surface area contributed by atoms with Crippen LogP contribution < -0.4 is 4.90 Å². The van der Waals surface area contributed by atoms with E-state index in [1.54, 1.807) is 7.11 Å². The van der Waals surface area contributed by atoms with Gasteiger partial charge in [-0.1, -0.05) is 6.08 Å². The molecule has 0 aromatic carbocycles. The molecule has 1 aromatic rings. The van der Waals surface area contributed by atoms with Gasteiger partial charge in [-0.15, -0.1) is 11.3 Å². The Morgan fingerprint density at radius 2 is 2.50 bits per heavy atom. The zero-order chi connectivity index (χ0) is 11.4. The number of anilines is 1. The smallest absolute Gasteiger partial charge is 0.160 e. The first-order chi connectivity index (χ1) is 7.83. The fourth-order valence-electron chi connectivity index (χ4n) is 1.83. The minimum absolute atomic E-state index is 0.733. The molecule has 0 radical (unpaired) electrons. The van der Waals surface area contributed by atoms with Gasteiger partial charge < -0.3 is 9.64 Å². The molecule has 1 aliphatic rings. The van der Waals surface area contributed by atoms with E-state index in [9.17, 15) is 4.79 Å². The number of rotatable bonds is 4. The first-order valence-corrected chi connectivity index (χ1v) is 6.17. The summed E-state index contributed by atoms with van der Waals surface area (Å²) in [5.74, 6) is 0. The van der Waals surface area contributed by atoms with Crippen LogP contribution in [0.5, 0.6) is 0 Å². The highest BCUT2D eigenvalue weighted by atomic mass is 32.1. The van der Waals surface area contributed by atoms with E-state index in [1.807, 2.05) is 11.4 Å². The first kappa shape index (κ1) is 11.4. The van der Waals surface area contributed by atoms with Gasteiger partial charge in [-0.05, 0) is 18.1 Å².